The molecule has 0 spiro atoms. The molecule has 3 heterocycles. The molecule has 0 aliphatic carbocycles. The van der Waals surface area contributed by atoms with Crippen molar-refractivity contribution in [1.29, 1.82) is 0 Å². The van der Waals surface area contributed by atoms with E-state index in [9.17, 15) is 9.59 Å². The Balaban J connectivity index is 1.19. The molecule has 166 valence electrons. The van der Waals surface area contributed by atoms with E-state index in [1.54, 1.807) is 11.3 Å². The van der Waals surface area contributed by atoms with Gasteiger partial charge in [0.25, 0.3) is 0 Å². The number of likely N-dealkylation sites (N-methyl/N-ethyl adjacent to an activating group) is 1. The van der Waals surface area contributed by atoms with E-state index in [1.165, 1.54) is 16.0 Å². The molecular formula is C24H32N4O2S. The molecule has 7 heteroatoms. The van der Waals surface area contributed by atoms with Crippen molar-refractivity contribution in [3.05, 3.63) is 57.3 Å². The molecule has 0 saturated carbocycles. The minimum Gasteiger partial charge on any atom is -0.352 e. The molecule has 2 aliphatic heterocycles. The number of nitrogens with zero attached hydrogens (tertiary/aromatic N) is 3. The van der Waals surface area contributed by atoms with Gasteiger partial charge in [-0.3, -0.25) is 14.5 Å². The third-order valence-electron chi connectivity index (χ3n) is 6.21. The van der Waals surface area contributed by atoms with Crippen LogP contribution in [0.25, 0.3) is 0 Å². The molecule has 0 atom stereocenters. The predicted molar refractivity (Wildman–Crippen MR) is 124 cm³/mol. The third kappa shape index (κ3) is 6.15. The van der Waals surface area contributed by atoms with Crippen molar-refractivity contribution in [2.45, 2.75) is 38.9 Å². The number of fused-ring (bicyclic) bond motifs is 1. The van der Waals surface area contributed by atoms with Crippen molar-refractivity contribution >= 4 is 23.2 Å². The number of benzene rings is 1. The summed E-state index contributed by atoms with van der Waals surface area (Å²) in [5.74, 6) is 0.00669. The lowest BCUT2D eigenvalue weighted by Crippen LogP contribution is -2.43. The van der Waals surface area contributed by atoms with Crippen LogP contribution in [0.15, 0.2) is 35.7 Å². The van der Waals surface area contributed by atoms with Gasteiger partial charge >= 0.3 is 0 Å². The van der Waals surface area contributed by atoms with Crippen LogP contribution in [0.2, 0.25) is 0 Å². The number of piperazine rings is 1. The molecule has 2 amide bonds. The average Bonchev–Trinajstić information content (AvgIpc) is 3.26. The smallest absolute Gasteiger partial charge is 0.223 e. The maximum atomic E-state index is 12.5. The molecular weight excluding hydrogens is 408 g/mol. The number of amides is 2. The van der Waals surface area contributed by atoms with E-state index in [2.05, 4.69) is 51.8 Å². The SMILES string of the molecule is CN1CCN(Cc2cccc(CNC(=O)CCC(=O)N3CCc4sccc4C3)c2)CC1. The highest BCUT2D eigenvalue weighted by Crippen LogP contribution is 2.24. The predicted octanol–water partition coefficient (Wildman–Crippen LogP) is 2.48. The van der Waals surface area contributed by atoms with Crippen molar-refractivity contribution in [3.63, 3.8) is 0 Å². The lowest BCUT2D eigenvalue weighted by molar-refractivity contribution is -0.134. The molecule has 0 bridgehead atoms. The molecule has 4 rings (SSSR count). The van der Waals surface area contributed by atoms with Crippen LogP contribution in [0.3, 0.4) is 0 Å². The van der Waals surface area contributed by atoms with E-state index < -0.39 is 0 Å². The lowest BCUT2D eigenvalue weighted by atomic mass is 10.1. The van der Waals surface area contributed by atoms with Crippen LogP contribution in [0.1, 0.15) is 34.4 Å². The van der Waals surface area contributed by atoms with Crippen LogP contribution >= 0.6 is 11.3 Å². The summed E-state index contributed by atoms with van der Waals surface area (Å²) in [5.41, 5.74) is 3.64. The molecule has 1 aromatic heterocycles. The lowest BCUT2D eigenvalue weighted by Gasteiger charge is -2.32. The minimum absolute atomic E-state index is 0.0638. The number of thiophene rings is 1. The topological polar surface area (TPSA) is 55.9 Å². The van der Waals surface area contributed by atoms with Crippen molar-refractivity contribution < 1.29 is 9.59 Å². The zero-order valence-corrected chi connectivity index (χ0v) is 19.1. The summed E-state index contributed by atoms with van der Waals surface area (Å²) in [6.07, 6.45) is 1.44. The van der Waals surface area contributed by atoms with E-state index in [4.69, 9.17) is 0 Å². The molecule has 31 heavy (non-hydrogen) atoms. The number of nitrogens with one attached hydrogen (secondary N) is 1. The summed E-state index contributed by atoms with van der Waals surface area (Å²) in [6.45, 7) is 7.30. The first-order valence-corrected chi connectivity index (χ1v) is 12.0. The Morgan fingerprint density at radius 2 is 1.84 bits per heavy atom. The number of carbonyl (C=O) groups is 2. The first-order chi connectivity index (χ1) is 15.1. The summed E-state index contributed by atoms with van der Waals surface area (Å²) >= 11 is 1.77. The second-order valence-electron chi connectivity index (χ2n) is 8.61. The fraction of sp³-hybridized carbons (Fsp3) is 0.500. The summed E-state index contributed by atoms with van der Waals surface area (Å²) in [6, 6.07) is 10.5. The monoisotopic (exact) mass is 440 g/mol. The molecule has 2 aliphatic rings. The van der Waals surface area contributed by atoms with Crippen molar-refractivity contribution in [2.24, 2.45) is 0 Å². The van der Waals surface area contributed by atoms with Crippen molar-refractivity contribution in [2.75, 3.05) is 39.8 Å². The van der Waals surface area contributed by atoms with Gasteiger partial charge in [-0.15, -0.1) is 11.3 Å². The number of hydrogen-bond acceptors (Lipinski definition) is 5. The number of carbonyl (C=O) groups excluding carboxylic acids is 2. The standard InChI is InChI=1S/C24H32N4O2S/c1-26-10-12-27(13-11-26)17-20-4-2-3-19(15-20)16-25-23(29)5-6-24(30)28-9-7-22-21(18-28)8-14-31-22/h2-4,8,14-15H,5-7,9-13,16-18H2,1H3,(H,25,29). The van der Waals surface area contributed by atoms with Gasteiger partial charge in [-0.25, -0.2) is 0 Å². The van der Waals surface area contributed by atoms with Gasteiger partial charge in [0.1, 0.15) is 0 Å². The van der Waals surface area contributed by atoms with Gasteiger partial charge in [-0.05, 0) is 41.6 Å². The molecule has 2 aromatic rings. The first kappa shape index (κ1) is 22.0. The summed E-state index contributed by atoms with van der Waals surface area (Å²) in [5, 5.41) is 5.07. The fourth-order valence-electron chi connectivity index (χ4n) is 4.23. The molecule has 0 radical (unpaired) electrons. The normalized spacial score (nSPS) is 17.4. The van der Waals surface area contributed by atoms with E-state index in [-0.39, 0.29) is 24.7 Å². The third-order valence-corrected chi connectivity index (χ3v) is 7.23. The molecule has 0 unspecified atom stereocenters. The molecule has 1 N–H and O–H groups in total. The highest BCUT2D eigenvalue weighted by molar-refractivity contribution is 7.10. The number of rotatable bonds is 7. The molecule has 1 saturated heterocycles. The fourth-order valence-corrected chi connectivity index (χ4v) is 5.12. The van der Waals surface area contributed by atoms with Crippen LogP contribution in [-0.2, 0) is 35.6 Å². The zero-order chi connectivity index (χ0) is 21.6. The Bertz CT molecular complexity index is 904. The van der Waals surface area contributed by atoms with Gasteiger partial charge in [0.15, 0.2) is 0 Å². The van der Waals surface area contributed by atoms with Gasteiger partial charge in [-0.2, -0.15) is 0 Å². The van der Waals surface area contributed by atoms with Gasteiger partial charge in [0.2, 0.25) is 11.8 Å². The largest absolute Gasteiger partial charge is 0.352 e. The van der Waals surface area contributed by atoms with Crippen LogP contribution in [0, 0.1) is 0 Å². The Kier molecular flexibility index (Phi) is 7.37. The first-order valence-electron chi connectivity index (χ1n) is 11.2. The van der Waals surface area contributed by atoms with E-state index in [0.29, 0.717) is 13.1 Å². The Labute approximate surface area is 188 Å². The van der Waals surface area contributed by atoms with Crippen molar-refractivity contribution in [3.8, 4) is 0 Å². The zero-order valence-electron chi connectivity index (χ0n) is 18.3. The van der Waals surface area contributed by atoms with Gasteiger partial charge in [0.05, 0.1) is 0 Å². The Morgan fingerprint density at radius 1 is 1.03 bits per heavy atom. The van der Waals surface area contributed by atoms with Gasteiger partial charge in [0, 0.05) is 70.1 Å². The van der Waals surface area contributed by atoms with Crippen LogP contribution in [0.5, 0.6) is 0 Å². The Morgan fingerprint density at radius 3 is 2.68 bits per heavy atom. The van der Waals surface area contributed by atoms with E-state index in [1.807, 2.05) is 11.0 Å². The van der Waals surface area contributed by atoms with Gasteiger partial charge < -0.3 is 15.1 Å². The minimum atomic E-state index is -0.0638. The van der Waals surface area contributed by atoms with E-state index >= 15 is 0 Å². The molecule has 1 aromatic carbocycles. The van der Waals surface area contributed by atoms with E-state index in [0.717, 1.165) is 51.3 Å². The van der Waals surface area contributed by atoms with Gasteiger partial charge in [-0.1, -0.05) is 24.3 Å². The highest BCUT2D eigenvalue weighted by Gasteiger charge is 2.21. The highest BCUT2D eigenvalue weighted by atomic mass is 32.1. The quantitative estimate of drug-likeness (QED) is 0.719. The van der Waals surface area contributed by atoms with Crippen LogP contribution in [0.4, 0.5) is 0 Å². The molecule has 1 fully saturated rings. The van der Waals surface area contributed by atoms with Crippen molar-refractivity contribution in [1.82, 2.24) is 20.0 Å². The maximum Gasteiger partial charge on any atom is 0.223 e. The summed E-state index contributed by atoms with van der Waals surface area (Å²) in [7, 11) is 2.17. The maximum absolute atomic E-state index is 12.5. The molecule has 6 nitrogen and oxygen atoms in total. The number of hydrogen-bond donors (Lipinski definition) is 1. The van der Waals surface area contributed by atoms with Crippen LogP contribution < -0.4 is 5.32 Å². The Hall–Kier alpha value is -2.22. The summed E-state index contributed by atoms with van der Waals surface area (Å²) in [4.78, 5) is 32.9. The van der Waals surface area contributed by atoms with Crippen LogP contribution in [-0.4, -0.2) is 66.3 Å². The second kappa shape index (κ2) is 10.4. The summed E-state index contributed by atoms with van der Waals surface area (Å²) < 4.78 is 0. The average molecular weight is 441 g/mol. The second-order valence-corrected chi connectivity index (χ2v) is 9.61.